The molecule has 4 heterocycles. The predicted molar refractivity (Wildman–Crippen MR) is 234 cm³/mol. The molecule has 0 bridgehead atoms. The van der Waals surface area contributed by atoms with Gasteiger partial charge >= 0.3 is 0 Å². The van der Waals surface area contributed by atoms with Gasteiger partial charge in [0, 0.05) is 43.9 Å². The Hall–Kier alpha value is -7.50. The highest BCUT2D eigenvalue weighted by molar-refractivity contribution is 6.16. The van der Waals surface area contributed by atoms with Crippen LogP contribution >= 0.6 is 0 Å². The van der Waals surface area contributed by atoms with Crippen LogP contribution in [0.4, 0.5) is 11.4 Å². The maximum atomic E-state index is 6.58. The Morgan fingerprint density at radius 1 is 0.526 bits per heavy atom. The van der Waals surface area contributed by atoms with Crippen molar-refractivity contribution < 1.29 is 4.42 Å². The van der Waals surface area contributed by atoms with Gasteiger partial charge in [0.05, 0.1) is 34.2 Å². The Bertz CT molecular complexity index is 3220. The molecule has 10 aromatic rings. The van der Waals surface area contributed by atoms with Crippen LogP contribution in [0.3, 0.4) is 0 Å². The highest BCUT2D eigenvalue weighted by Crippen LogP contribution is 2.51. The van der Waals surface area contributed by atoms with E-state index in [2.05, 4.69) is 179 Å². The van der Waals surface area contributed by atoms with Gasteiger partial charge in [0.1, 0.15) is 5.58 Å². The van der Waals surface area contributed by atoms with Crippen LogP contribution in [-0.4, -0.2) is 20.6 Å². The lowest BCUT2D eigenvalue weighted by molar-refractivity contribution is 0.666. The van der Waals surface area contributed by atoms with Crippen molar-refractivity contribution in [1.29, 1.82) is 0 Å². The Labute approximate surface area is 329 Å². The number of hydrogen-bond donors (Lipinski definition) is 0. The number of fused-ring (bicyclic) bond motifs is 9. The molecule has 57 heavy (non-hydrogen) atoms. The average molecular weight is 731 g/mol. The molecule has 1 aliphatic heterocycles. The number of rotatable bonds is 5. The molecule has 5 heteroatoms. The van der Waals surface area contributed by atoms with Crippen LogP contribution < -0.4 is 4.90 Å². The van der Waals surface area contributed by atoms with E-state index in [1.54, 1.807) is 0 Å². The van der Waals surface area contributed by atoms with Gasteiger partial charge in [-0.2, -0.15) is 0 Å². The molecule has 0 saturated carbocycles. The van der Waals surface area contributed by atoms with Crippen molar-refractivity contribution in [3.05, 3.63) is 199 Å². The molecule has 0 radical (unpaired) electrons. The number of benzene rings is 7. The Balaban J connectivity index is 1.03. The fraction of sp³-hybridized carbons (Fsp3) is 0.0385. The zero-order valence-electron chi connectivity index (χ0n) is 30.9. The number of hydrogen-bond acceptors (Lipinski definition) is 4. The highest BCUT2D eigenvalue weighted by atomic mass is 16.3. The Kier molecular flexibility index (Phi) is 6.99. The van der Waals surface area contributed by atoms with Crippen LogP contribution in [-0.2, 0) is 0 Å². The minimum Gasteiger partial charge on any atom is -0.454 e. The summed E-state index contributed by atoms with van der Waals surface area (Å²) in [6.07, 6.45) is 5.70. The lowest BCUT2D eigenvalue weighted by Gasteiger charge is -2.29. The lowest BCUT2D eigenvalue weighted by Crippen LogP contribution is -2.27. The van der Waals surface area contributed by atoms with Crippen molar-refractivity contribution in [3.63, 3.8) is 0 Å². The number of anilines is 2. The van der Waals surface area contributed by atoms with Gasteiger partial charge < -0.3 is 9.32 Å². The van der Waals surface area contributed by atoms with Crippen LogP contribution in [0.1, 0.15) is 17.5 Å². The van der Waals surface area contributed by atoms with E-state index in [4.69, 9.17) is 14.4 Å². The topological polar surface area (TPSA) is 47.1 Å². The summed E-state index contributed by atoms with van der Waals surface area (Å²) in [4.78, 5) is 13.0. The van der Waals surface area contributed by atoms with E-state index in [0.29, 0.717) is 5.95 Å². The van der Waals surface area contributed by atoms with Gasteiger partial charge in [-0.1, -0.05) is 146 Å². The van der Waals surface area contributed by atoms with E-state index < -0.39 is 0 Å². The molecule has 2 aliphatic rings. The third-order valence-electron chi connectivity index (χ3n) is 11.7. The van der Waals surface area contributed by atoms with E-state index in [1.807, 2.05) is 18.2 Å². The molecular formula is C52H34N4O. The normalized spacial score (nSPS) is 14.9. The summed E-state index contributed by atoms with van der Waals surface area (Å²) in [5.74, 6) is 0.648. The number of aromatic nitrogens is 3. The fourth-order valence-corrected chi connectivity index (χ4v) is 9.22. The maximum Gasteiger partial charge on any atom is 0.235 e. The molecule has 12 rings (SSSR count). The van der Waals surface area contributed by atoms with Gasteiger partial charge in [0.25, 0.3) is 0 Å². The Morgan fingerprint density at radius 2 is 1.14 bits per heavy atom. The second kappa shape index (κ2) is 12.5. The monoisotopic (exact) mass is 730 g/mol. The smallest absolute Gasteiger partial charge is 0.235 e. The SMILES string of the molecule is C1=C(c2cccc3c2c2ccccc2n3-c2nc(-c3ccccc3)cc(-c3ccccc3)n2)C=C2c3ccccc3N(c3cccc4c3oc3ccccc34)C2C1. The van der Waals surface area contributed by atoms with Gasteiger partial charge in [0.15, 0.2) is 5.58 Å². The van der Waals surface area contributed by atoms with Crippen molar-refractivity contribution >= 4 is 66.3 Å². The summed E-state index contributed by atoms with van der Waals surface area (Å²) in [6, 6.07) is 62.0. The van der Waals surface area contributed by atoms with Gasteiger partial charge in [0.2, 0.25) is 5.95 Å². The van der Waals surface area contributed by atoms with Crippen LogP contribution in [0.25, 0.3) is 83.4 Å². The molecular weight excluding hydrogens is 697 g/mol. The fourth-order valence-electron chi connectivity index (χ4n) is 9.22. The van der Waals surface area contributed by atoms with Crippen LogP contribution in [0, 0.1) is 0 Å². The number of para-hydroxylation sites is 4. The highest BCUT2D eigenvalue weighted by Gasteiger charge is 2.37. The molecule has 1 unspecified atom stereocenters. The summed E-state index contributed by atoms with van der Waals surface area (Å²) in [5, 5.41) is 4.65. The molecule has 3 aromatic heterocycles. The molecule has 7 aromatic carbocycles. The minimum atomic E-state index is 0.135. The quantitative estimate of drug-likeness (QED) is 0.177. The third kappa shape index (κ3) is 4.89. The maximum absolute atomic E-state index is 6.58. The van der Waals surface area contributed by atoms with Crippen molar-refractivity contribution in [2.45, 2.75) is 12.5 Å². The van der Waals surface area contributed by atoms with E-state index in [1.165, 1.54) is 38.7 Å². The summed E-state index contributed by atoms with van der Waals surface area (Å²) in [5.41, 5.74) is 15.2. The summed E-state index contributed by atoms with van der Waals surface area (Å²) in [7, 11) is 0. The minimum absolute atomic E-state index is 0.135. The third-order valence-corrected chi connectivity index (χ3v) is 11.7. The first-order chi connectivity index (χ1) is 28.3. The molecule has 1 atom stereocenters. The van der Waals surface area contributed by atoms with E-state index in [0.717, 1.165) is 67.6 Å². The predicted octanol–water partition coefficient (Wildman–Crippen LogP) is 13.2. The molecule has 0 saturated heterocycles. The number of allylic oxidation sites excluding steroid dienone is 2. The first-order valence-corrected chi connectivity index (χ1v) is 19.5. The van der Waals surface area contributed by atoms with E-state index in [-0.39, 0.29) is 6.04 Å². The van der Waals surface area contributed by atoms with Crippen molar-refractivity contribution in [2.24, 2.45) is 0 Å². The largest absolute Gasteiger partial charge is 0.454 e. The molecule has 0 amide bonds. The van der Waals surface area contributed by atoms with Crippen molar-refractivity contribution in [2.75, 3.05) is 4.90 Å². The molecule has 0 N–H and O–H groups in total. The first-order valence-electron chi connectivity index (χ1n) is 19.5. The number of nitrogens with zero attached hydrogens (tertiary/aromatic N) is 4. The molecule has 0 spiro atoms. The second-order valence-corrected chi connectivity index (χ2v) is 14.9. The van der Waals surface area contributed by atoms with Gasteiger partial charge in [-0.05, 0) is 65.6 Å². The van der Waals surface area contributed by atoms with Gasteiger partial charge in [-0.3, -0.25) is 4.57 Å². The summed E-state index contributed by atoms with van der Waals surface area (Å²) >= 11 is 0. The zero-order chi connectivity index (χ0) is 37.5. The molecule has 5 nitrogen and oxygen atoms in total. The average Bonchev–Trinajstić information content (AvgIpc) is 3.95. The molecule has 1 aliphatic carbocycles. The van der Waals surface area contributed by atoms with Crippen molar-refractivity contribution in [1.82, 2.24) is 14.5 Å². The zero-order valence-corrected chi connectivity index (χ0v) is 30.9. The Morgan fingerprint density at radius 3 is 1.95 bits per heavy atom. The second-order valence-electron chi connectivity index (χ2n) is 14.9. The molecule has 0 fully saturated rings. The van der Waals surface area contributed by atoms with E-state index >= 15 is 0 Å². The van der Waals surface area contributed by atoms with Crippen LogP contribution in [0.5, 0.6) is 0 Å². The van der Waals surface area contributed by atoms with Crippen LogP contribution in [0.2, 0.25) is 0 Å². The van der Waals surface area contributed by atoms with Crippen molar-refractivity contribution in [3.8, 4) is 28.5 Å². The van der Waals surface area contributed by atoms with E-state index in [9.17, 15) is 0 Å². The van der Waals surface area contributed by atoms with Gasteiger partial charge in [-0.15, -0.1) is 0 Å². The first kappa shape index (κ1) is 31.8. The van der Waals surface area contributed by atoms with Crippen LogP contribution in [0.15, 0.2) is 192 Å². The number of furan rings is 1. The lowest BCUT2D eigenvalue weighted by atomic mass is 9.88. The summed E-state index contributed by atoms with van der Waals surface area (Å²) < 4.78 is 8.83. The summed E-state index contributed by atoms with van der Waals surface area (Å²) in [6.45, 7) is 0. The standard InChI is InChI=1S/C52H34N4O/c1-3-15-33(16-4-1)42-32-43(34-17-5-2-6-18-34)54-52(53-42)56-45-25-11-8-21-40(45)50-36(22-13-26-47(50)56)35-29-30-46-41(31-35)37-19-7-10-24-44(37)55(46)48-27-14-23-39-38-20-9-12-28-49(38)57-51(39)48/h1-29,31-32,46H,30H2. The molecule has 268 valence electrons. The van der Waals surface area contributed by atoms with Gasteiger partial charge in [-0.25, -0.2) is 9.97 Å².